The van der Waals surface area contributed by atoms with Crippen molar-refractivity contribution in [3.63, 3.8) is 0 Å². The molecule has 0 unspecified atom stereocenters. The smallest absolute Gasteiger partial charge is 0.419 e. The lowest BCUT2D eigenvalue weighted by atomic mass is 10.0. The quantitative estimate of drug-likeness (QED) is 0.400. The molecule has 6 nitrogen and oxygen atoms in total. The van der Waals surface area contributed by atoms with Gasteiger partial charge in [0.15, 0.2) is 0 Å². The van der Waals surface area contributed by atoms with Crippen LogP contribution in [-0.2, 0) is 4.74 Å². The number of carbonyl (C=O) groups is 1. The Balaban J connectivity index is 2.64. The fourth-order valence-corrected chi connectivity index (χ4v) is 3.05. The first-order valence-electron chi connectivity index (χ1n) is 7.37. The van der Waals surface area contributed by atoms with Gasteiger partial charge in [-0.05, 0) is 63.3 Å². The summed E-state index contributed by atoms with van der Waals surface area (Å²) in [4.78, 5) is 16.8. The van der Waals surface area contributed by atoms with Gasteiger partial charge in [-0.25, -0.2) is 9.36 Å². The number of aliphatic hydroxyl groups is 1. The van der Waals surface area contributed by atoms with Gasteiger partial charge in [0, 0.05) is 29.2 Å². The van der Waals surface area contributed by atoms with E-state index in [1.165, 1.54) is 11.5 Å². The minimum absolute atomic E-state index is 0.0359. The Hall–Kier alpha value is -1.90. The highest BCUT2D eigenvalue weighted by molar-refractivity contribution is 14.1. The molecule has 24 heavy (non-hydrogen) atoms. The van der Waals surface area contributed by atoms with Gasteiger partial charge in [-0.2, -0.15) is 0 Å². The van der Waals surface area contributed by atoms with Crippen LogP contribution in [0, 0.1) is 8.98 Å². The molecular formula is C17H20IN3O3. The second kappa shape index (κ2) is 6.54. The summed E-state index contributed by atoms with van der Waals surface area (Å²) >= 11 is 2.11. The van der Waals surface area contributed by atoms with Crippen LogP contribution >= 0.6 is 22.6 Å². The van der Waals surface area contributed by atoms with Crippen LogP contribution in [0.5, 0.6) is 0 Å². The Bertz CT molecular complexity index is 856. The molecule has 2 rings (SSSR count). The van der Waals surface area contributed by atoms with Gasteiger partial charge in [-0.3, -0.25) is 4.98 Å². The molecule has 0 spiro atoms. The van der Waals surface area contributed by atoms with Crippen LogP contribution in [0.25, 0.3) is 16.6 Å². The topological polar surface area (TPSA) is 88.2 Å². The van der Waals surface area contributed by atoms with Crippen LogP contribution in [0.15, 0.2) is 24.2 Å². The van der Waals surface area contributed by atoms with Crippen molar-refractivity contribution in [2.75, 3.05) is 0 Å². The van der Waals surface area contributed by atoms with Crippen LogP contribution in [0.2, 0.25) is 0 Å². The Morgan fingerprint density at radius 2 is 2.00 bits per heavy atom. The highest BCUT2D eigenvalue weighted by Gasteiger charge is 2.21. The maximum absolute atomic E-state index is 12.4. The van der Waals surface area contributed by atoms with Gasteiger partial charge in [0.05, 0.1) is 14.8 Å². The number of hydrogen-bond acceptors (Lipinski definition) is 5. The summed E-state index contributed by atoms with van der Waals surface area (Å²) in [5.41, 5.74) is 1.84. The molecule has 128 valence electrons. The van der Waals surface area contributed by atoms with Crippen LogP contribution < -0.4 is 0 Å². The molecule has 0 saturated carbocycles. The number of pyridine rings is 1. The lowest BCUT2D eigenvalue weighted by Crippen LogP contribution is -2.26. The van der Waals surface area contributed by atoms with Crippen molar-refractivity contribution in [1.29, 1.82) is 5.41 Å². The molecule has 7 heteroatoms. The maximum atomic E-state index is 12.4. The standard InChI is InChI=1S/C17H20IN3O3/c1-9(19)14(10(2)22)11-6-13-15(20-7-11)12(18)8-21(13)16(23)24-17(3,4)5/h6-8,19,22H,1-5H3/b14-10+,19-9?. The number of nitrogens with zero attached hydrogens (tertiary/aromatic N) is 2. The summed E-state index contributed by atoms with van der Waals surface area (Å²) in [6, 6.07) is 1.74. The first-order chi connectivity index (χ1) is 11.0. The first kappa shape index (κ1) is 18.4. The minimum atomic E-state index is -0.609. The fourth-order valence-electron chi connectivity index (χ4n) is 2.36. The van der Waals surface area contributed by atoms with E-state index in [2.05, 4.69) is 27.6 Å². The lowest BCUT2D eigenvalue weighted by Gasteiger charge is -2.19. The van der Waals surface area contributed by atoms with E-state index >= 15 is 0 Å². The number of fused-ring (bicyclic) bond motifs is 1. The second-order valence-electron chi connectivity index (χ2n) is 6.50. The Kier molecular flexibility index (Phi) is 5.03. The third-order valence-corrected chi connectivity index (χ3v) is 4.00. The molecule has 0 aliphatic heterocycles. The molecule has 0 aromatic carbocycles. The molecule has 0 aliphatic carbocycles. The van der Waals surface area contributed by atoms with Crippen molar-refractivity contribution >= 4 is 51.0 Å². The molecular weight excluding hydrogens is 421 g/mol. The Morgan fingerprint density at radius 1 is 1.38 bits per heavy atom. The van der Waals surface area contributed by atoms with Gasteiger partial charge in [0.25, 0.3) is 0 Å². The summed E-state index contributed by atoms with van der Waals surface area (Å²) in [6.45, 7) is 8.53. The molecule has 0 radical (unpaired) electrons. The van der Waals surface area contributed by atoms with Crippen molar-refractivity contribution in [2.24, 2.45) is 0 Å². The van der Waals surface area contributed by atoms with E-state index < -0.39 is 11.7 Å². The van der Waals surface area contributed by atoms with E-state index in [0.717, 1.165) is 3.57 Å². The fraction of sp³-hybridized carbons (Fsp3) is 0.353. The number of carbonyl (C=O) groups excluding carboxylic acids is 1. The van der Waals surface area contributed by atoms with Crippen molar-refractivity contribution in [2.45, 2.75) is 40.2 Å². The molecule has 0 fully saturated rings. The summed E-state index contributed by atoms with van der Waals surface area (Å²) in [5.74, 6) is 0.0359. The van der Waals surface area contributed by atoms with Crippen LogP contribution in [0.4, 0.5) is 4.79 Å². The van der Waals surface area contributed by atoms with E-state index in [9.17, 15) is 9.90 Å². The lowest BCUT2D eigenvalue weighted by molar-refractivity contribution is 0.0544. The Labute approximate surface area is 154 Å². The number of rotatable bonds is 2. The molecule has 2 aromatic rings. The zero-order valence-corrected chi connectivity index (χ0v) is 16.4. The van der Waals surface area contributed by atoms with Crippen molar-refractivity contribution in [3.8, 4) is 0 Å². The minimum Gasteiger partial charge on any atom is -0.512 e. The molecule has 2 heterocycles. The maximum Gasteiger partial charge on any atom is 0.419 e. The van der Waals surface area contributed by atoms with Crippen molar-refractivity contribution < 1.29 is 14.6 Å². The van der Waals surface area contributed by atoms with Gasteiger partial charge in [0.2, 0.25) is 0 Å². The summed E-state index contributed by atoms with van der Waals surface area (Å²) in [5, 5.41) is 17.7. The van der Waals surface area contributed by atoms with E-state index in [1.54, 1.807) is 46.2 Å². The largest absolute Gasteiger partial charge is 0.512 e. The normalized spacial score (nSPS) is 12.9. The summed E-state index contributed by atoms with van der Waals surface area (Å²) < 4.78 is 7.65. The van der Waals surface area contributed by atoms with Gasteiger partial charge >= 0.3 is 6.09 Å². The zero-order valence-electron chi connectivity index (χ0n) is 14.3. The first-order valence-corrected chi connectivity index (χ1v) is 8.45. The van der Waals surface area contributed by atoms with E-state index in [4.69, 9.17) is 10.1 Å². The van der Waals surface area contributed by atoms with Gasteiger partial charge in [0.1, 0.15) is 11.1 Å². The number of ether oxygens (including phenoxy) is 1. The molecule has 0 bridgehead atoms. The predicted octanol–water partition coefficient (Wildman–Crippen LogP) is 4.75. The molecule has 0 atom stereocenters. The van der Waals surface area contributed by atoms with Crippen LogP contribution in [-0.4, -0.2) is 32.1 Å². The average molecular weight is 441 g/mol. The molecule has 0 aliphatic rings. The van der Waals surface area contributed by atoms with E-state index in [0.29, 0.717) is 22.2 Å². The average Bonchev–Trinajstić information content (AvgIpc) is 2.73. The number of nitrogens with one attached hydrogen (secondary N) is 1. The monoisotopic (exact) mass is 441 g/mol. The second-order valence-corrected chi connectivity index (χ2v) is 7.67. The third-order valence-electron chi connectivity index (χ3n) is 3.21. The summed E-state index contributed by atoms with van der Waals surface area (Å²) in [6.07, 6.45) is 2.77. The molecule has 2 N–H and O–H groups in total. The number of halogens is 1. The van der Waals surface area contributed by atoms with Gasteiger partial charge < -0.3 is 15.3 Å². The number of hydrogen-bond donors (Lipinski definition) is 2. The summed E-state index contributed by atoms with van der Waals surface area (Å²) in [7, 11) is 0. The highest BCUT2D eigenvalue weighted by Crippen LogP contribution is 2.27. The zero-order chi connectivity index (χ0) is 18.2. The van der Waals surface area contributed by atoms with Crippen LogP contribution in [0.3, 0.4) is 0 Å². The Morgan fingerprint density at radius 3 is 2.50 bits per heavy atom. The van der Waals surface area contributed by atoms with Crippen LogP contribution in [0.1, 0.15) is 40.2 Å². The highest BCUT2D eigenvalue weighted by atomic mass is 127. The third kappa shape index (κ3) is 3.77. The molecule has 2 aromatic heterocycles. The SMILES string of the molecule is CC(=N)/C(=C(/C)O)c1cnc2c(I)cn(C(=O)OC(C)(C)C)c2c1. The number of aromatic nitrogens is 2. The van der Waals surface area contributed by atoms with Gasteiger partial charge in [-0.1, -0.05) is 0 Å². The van der Waals surface area contributed by atoms with E-state index in [-0.39, 0.29) is 11.5 Å². The number of aliphatic hydroxyl groups excluding tert-OH is 1. The molecule has 0 amide bonds. The van der Waals surface area contributed by atoms with Crippen molar-refractivity contribution in [3.05, 3.63) is 33.4 Å². The van der Waals surface area contributed by atoms with E-state index in [1.807, 2.05) is 0 Å². The van der Waals surface area contributed by atoms with Crippen molar-refractivity contribution in [1.82, 2.24) is 9.55 Å². The van der Waals surface area contributed by atoms with Gasteiger partial charge in [-0.15, -0.1) is 0 Å². The number of allylic oxidation sites excluding steroid dienone is 2. The predicted molar refractivity (Wildman–Crippen MR) is 103 cm³/mol. The molecule has 0 saturated heterocycles.